The minimum atomic E-state index is -0.401. The molecule has 0 aromatic heterocycles. The molecule has 1 aliphatic rings. The molecule has 124 valence electrons. The lowest BCUT2D eigenvalue weighted by atomic mass is 9.81. The molecule has 0 saturated heterocycles. The van der Waals surface area contributed by atoms with Crippen LogP contribution in [0.15, 0.2) is 24.3 Å². The number of halogens is 1. The van der Waals surface area contributed by atoms with Crippen LogP contribution in [0.1, 0.15) is 50.7 Å². The van der Waals surface area contributed by atoms with E-state index in [0.717, 1.165) is 32.2 Å². The van der Waals surface area contributed by atoms with Crippen LogP contribution in [0.5, 0.6) is 0 Å². The quantitative estimate of drug-likeness (QED) is 0.808. The van der Waals surface area contributed by atoms with Crippen molar-refractivity contribution in [3.05, 3.63) is 35.4 Å². The highest BCUT2D eigenvalue weighted by molar-refractivity contribution is 5.85. The second-order valence-electron chi connectivity index (χ2n) is 6.47. The molecule has 0 unspecified atom stereocenters. The van der Waals surface area contributed by atoms with E-state index in [0.29, 0.717) is 6.54 Å². The summed E-state index contributed by atoms with van der Waals surface area (Å²) in [4.78, 5) is 12.6. The number of amides is 1. The summed E-state index contributed by atoms with van der Waals surface area (Å²) in [6.07, 6.45) is 3.91. The zero-order valence-corrected chi connectivity index (χ0v) is 14.8. The van der Waals surface area contributed by atoms with Crippen LogP contribution in [0.3, 0.4) is 0 Å². The molecule has 0 bridgehead atoms. The van der Waals surface area contributed by atoms with Gasteiger partial charge in [-0.3, -0.25) is 4.79 Å². The molecule has 2 rings (SSSR count). The Morgan fingerprint density at radius 3 is 2.32 bits per heavy atom. The Labute approximate surface area is 140 Å². The van der Waals surface area contributed by atoms with E-state index >= 15 is 0 Å². The first-order valence-electron chi connectivity index (χ1n) is 8.08. The Bertz CT molecular complexity index is 499. The third-order valence-corrected chi connectivity index (χ3v) is 5.38. The summed E-state index contributed by atoms with van der Waals surface area (Å²) in [7, 11) is 0. The van der Waals surface area contributed by atoms with E-state index < -0.39 is 5.41 Å². The number of carbonyl (C=O) groups excluding carboxylic acids is 1. The van der Waals surface area contributed by atoms with E-state index in [4.69, 9.17) is 5.73 Å². The Kier molecular flexibility index (Phi) is 6.45. The molecular weight excluding hydrogens is 296 g/mol. The number of aryl methyl sites for hydroxylation is 1. The van der Waals surface area contributed by atoms with Crippen molar-refractivity contribution in [2.24, 2.45) is 11.1 Å². The zero-order chi connectivity index (χ0) is 15.5. The summed E-state index contributed by atoms with van der Waals surface area (Å²) in [5.41, 5.74) is 8.32. The zero-order valence-electron chi connectivity index (χ0n) is 13.9. The van der Waals surface area contributed by atoms with Crippen LogP contribution in [-0.4, -0.2) is 19.0 Å². The van der Waals surface area contributed by atoms with Crippen LogP contribution in [-0.2, 0) is 10.2 Å². The summed E-state index contributed by atoms with van der Waals surface area (Å²) >= 11 is 0. The molecule has 3 N–H and O–H groups in total. The number of hydrogen-bond acceptors (Lipinski definition) is 2. The summed E-state index contributed by atoms with van der Waals surface area (Å²) in [6.45, 7) is 7.40. The van der Waals surface area contributed by atoms with E-state index in [9.17, 15) is 4.79 Å². The van der Waals surface area contributed by atoms with Crippen LogP contribution < -0.4 is 11.1 Å². The smallest absolute Gasteiger partial charge is 0.227 e. The van der Waals surface area contributed by atoms with Crippen molar-refractivity contribution >= 4 is 18.3 Å². The molecule has 1 amide bonds. The summed E-state index contributed by atoms with van der Waals surface area (Å²) < 4.78 is 0. The molecule has 1 fully saturated rings. The number of carbonyl (C=O) groups is 1. The van der Waals surface area contributed by atoms with Gasteiger partial charge in [0.15, 0.2) is 0 Å². The predicted octanol–water partition coefficient (Wildman–Crippen LogP) is 3.33. The second-order valence-corrected chi connectivity index (χ2v) is 6.47. The van der Waals surface area contributed by atoms with E-state index in [2.05, 4.69) is 36.5 Å². The Morgan fingerprint density at radius 1 is 1.27 bits per heavy atom. The molecule has 1 aromatic rings. The highest BCUT2D eigenvalue weighted by atomic mass is 35.5. The van der Waals surface area contributed by atoms with Gasteiger partial charge in [0.25, 0.3) is 0 Å². The lowest BCUT2D eigenvalue weighted by Gasteiger charge is -2.30. The van der Waals surface area contributed by atoms with Crippen molar-refractivity contribution in [2.75, 3.05) is 13.1 Å². The van der Waals surface area contributed by atoms with Crippen molar-refractivity contribution in [3.8, 4) is 0 Å². The first-order chi connectivity index (χ1) is 10.0. The predicted molar refractivity (Wildman–Crippen MR) is 94.4 cm³/mol. The molecule has 0 atom stereocenters. The minimum Gasteiger partial charge on any atom is -0.355 e. The number of hydrogen-bond donors (Lipinski definition) is 2. The van der Waals surface area contributed by atoms with Gasteiger partial charge >= 0.3 is 0 Å². The van der Waals surface area contributed by atoms with Gasteiger partial charge in [-0.05, 0) is 43.7 Å². The van der Waals surface area contributed by atoms with Gasteiger partial charge in [0, 0.05) is 18.5 Å². The van der Waals surface area contributed by atoms with Gasteiger partial charge in [-0.25, -0.2) is 0 Å². The van der Waals surface area contributed by atoms with Crippen LogP contribution in [0.4, 0.5) is 0 Å². The topological polar surface area (TPSA) is 55.1 Å². The minimum absolute atomic E-state index is 0. The van der Waals surface area contributed by atoms with Gasteiger partial charge in [-0.15, -0.1) is 12.4 Å². The fourth-order valence-corrected chi connectivity index (χ4v) is 3.25. The molecule has 0 aliphatic heterocycles. The van der Waals surface area contributed by atoms with Gasteiger partial charge < -0.3 is 11.1 Å². The van der Waals surface area contributed by atoms with Gasteiger partial charge in [-0.1, -0.05) is 38.1 Å². The Balaban J connectivity index is 0.00000242. The van der Waals surface area contributed by atoms with E-state index in [1.165, 1.54) is 11.1 Å². The fourth-order valence-electron chi connectivity index (χ4n) is 3.25. The molecule has 1 aliphatic carbocycles. The number of rotatable bonds is 7. The second kappa shape index (κ2) is 7.47. The average molecular weight is 325 g/mol. The third-order valence-electron chi connectivity index (χ3n) is 5.38. The summed E-state index contributed by atoms with van der Waals surface area (Å²) in [5.74, 6) is 0.120. The molecule has 4 heteroatoms. The molecule has 22 heavy (non-hydrogen) atoms. The van der Waals surface area contributed by atoms with Crippen molar-refractivity contribution in [1.29, 1.82) is 0 Å². The molecule has 3 nitrogen and oxygen atoms in total. The van der Waals surface area contributed by atoms with Crippen LogP contribution in [0.2, 0.25) is 0 Å². The maximum absolute atomic E-state index is 12.6. The number of benzene rings is 1. The average Bonchev–Trinajstić information content (AvgIpc) is 3.29. The van der Waals surface area contributed by atoms with E-state index in [-0.39, 0.29) is 23.7 Å². The van der Waals surface area contributed by atoms with Crippen molar-refractivity contribution in [2.45, 2.75) is 51.9 Å². The maximum atomic E-state index is 12.6. The van der Waals surface area contributed by atoms with Crippen LogP contribution in [0, 0.1) is 12.3 Å². The van der Waals surface area contributed by atoms with Crippen molar-refractivity contribution < 1.29 is 4.79 Å². The normalized spacial score (nSPS) is 15.8. The van der Waals surface area contributed by atoms with Crippen molar-refractivity contribution in [3.63, 3.8) is 0 Å². The molecule has 0 spiro atoms. The SMILES string of the molecule is CCC(CC)(CN)C(=O)NCC1(c2ccccc2C)CC1.Cl. The number of nitrogens with two attached hydrogens (primary N) is 1. The Hall–Kier alpha value is -1.06. The van der Waals surface area contributed by atoms with Crippen molar-refractivity contribution in [1.82, 2.24) is 5.32 Å². The van der Waals surface area contributed by atoms with Gasteiger partial charge in [0.2, 0.25) is 5.91 Å². The van der Waals surface area contributed by atoms with E-state index in [1.54, 1.807) is 0 Å². The van der Waals surface area contributed by atoms with Crippen LogP contribution >= 0.6 is 12.4 Å². The summed E-state index contributed by atoms with van der Waals surface area (Å²) in [6, 6.07) is 8.51. The maximum Gasteiger partial charge on any atom is 0.227 e. The monoisotopic (exact) mass is 324 g/mol. The fraction of sp³-hybridized carbons (Fsp3) is 0.611. The highest BCUT2D eigenvalue weighted by Gasteiger charge is 2.46. The van der Waals surface area contributed by atoms with Gasteiger partial charge in [-0.2, -0.15) is 0 Å². The van der Waals surface area contributed by atoms with Crippen LogP contribution in [0.25, 0.3) is 0 Å². The largest absolute Gasteiger partial charge is 0.355 e. The lowest BCUT2D eigenvalue weighted by Crippen LogP contribution is -2.47. The van der Waals surface area contributed by atoms with Gasteiger partial charge in [0.05, 0.1) is 5.41 Å². The lowest BCUT2D eigenvalue weighted by molar-refractivity contribution is -0.131. The van der Waals surface area contributed by atoms with Gasteiger partial charge in [0.1, 0.15) is 0 Å². The number of nitrogens with one attached hydrogen (secondary N) is 1. The summed E-state index contributed by atoms with van der Waals surface area (Å²) in [5, 5.41) is 3.19. The molecule has 1 aromatic carbocycles. The van der Waals surface area contributed by atoms with E-state index in [1.807, 2.05) is 13.8 Å². The standard InChI is InChI=1S/C18H28N2O.ClH/c1-4-17(5-2,12-19)16(21)20-13-18(10-11-18)15-9-7-6-8-14(15)3;/h6-9H,4-5,10-13,19H2,1-3H3,(H,20,21);1H. The first kappa shape index (κ1) is 19.0. The Morgan fingerprint density at radius 2 is 1.86 bits per heavy atom. The molecular formula is C18H29ClN2O. The molecule has 0 radical (unpaired) electrons. The molecule has 1 saturated carbocycles. The first-order valence-corrected chi connectivity index (χ1v) is 8.08. The molecule has 0 heterocycles. The highest BCUT2D eigenvalue weighted by Crippen LogP contribution is 2.48. The third kappa shape index (κ3) is 3.47.